The molecule has 0 saturated carbocycles. The Hall–Kier alpha value is -3.38. The summed E-state index contributed by atoms with van der Waals surface area (Å²) in [5.41, 5.74) is -0.0515. The van der Waals surface area contributed by atoms with Gasteiger partial charge in [0.15, 0.2) is 5.75 Å². The number of benzene rings is 1. The van der Waals surface area contributed by atoms with E-state index in [-0.39, 0.29) is 34.7 Å². The third kappa shape index (κ3) is 6.14. The van der Waals surface area contributed by atoms with Gasteiger partial charge in [0.1, 0.15) is 18.4 Å². The maximum absolute atomic E-state index is 13.2. The summed E-state index contributed by atoms with van der Waals surface area (Å²) < 4.78 is 0. The van der Waals surface area contributed by atoms with E-state index in [2.05, 4.69) is 10.6 Å². The minimum atomic E-state index is -1.34. The van der Waals surface area contributed by atoms with E-state index in [1.165, 1.54) is 14.0 Å². The van der Waals surface area contributed by atoms with Crippen LogP contribution in [0.4, 0.5) is 0 Å². The zero-order valence-electron chi connectivity index (χ0n) is 18.1. The minimum Gasteiger partial charge on any atom is -0.505 e. The first kappa shape index (κ1) is 26.9. The van der Waals surface area contributed by atoms with Gasteiger partial charge in [0.25, 0.3) is 11.8 Å². The Morgan fingerprint density at radius 2 is 1.82 bits per heavy atom. The van der Waals surface area contributed by atoms with Gasteiger partial charge in [0, 0.05) is 19.0 Å². The van der Waals surface area contributed by atoms with Gasteiger partial charge in [0.05, 0.1) is 22.5 Å². The van der Waals surface area contributed by atoms with Gasteiger partial charge in [-0.3, -0.25) is 29.0 Å². The average molecular weight is 517 g/mol. The predicted octanol–water partition coefficient (Wildman–Crippen LogP) is 0.340. The molecule has 184 valence electrons. The third-order valence-corrected chi connectivity index (χ3v) is 5.65. The highest BCUT2D eigenvalue weighted by Gasteiger charge is 2.40. The van der Waals surface area contributed by atoms with Gasteiger partial charge in [0.2, 0.25) is 11.8 Å². The molecule has 0 radical (unpaired) electrons. The van der Waals surface area contributed by atoms with Crippen LogP contribution in [0.5, 0.6) is 5.75 Å². The number of phenolic OH excluding ortho intramolecular Hbond substituents is 1. The Kier molecular flexibility index (Phi) is 8.82. The van der Waals surface area contributed by atoms with Crippen molar-refractivity contribution in [2.75, 3.05) is 7.05 Å². The number of aldehydes is 1. The topological polar surface area (TPSA) is 173 Å². The van der Waals surface area contributed by atoms with Crippen LogP contribution in [0.1, 0.15) is 36.5 Å². The first-order valence-electron chi connectivity index (χ1n) is 9.93. The maximum Gasteiger partial charge on any atom is 0.305 e. The molecule has 1 heterocycles. The number of carboxylic acid groups (broad SMARTS) is 1. The molecule has 2 rings (SSSR count). The number of carboxylic acids is 1. The SMILES string of the molecule is CC(C(=O)NC(C=O)CC(=O)O)N1C(=O)C(NC(=O)c2cc(Cl)c(O)c(Cl)c2)CCC(=O)N1C. The molecule has 12 nitrogen and oxygen atoms in total. The molecule has 1 aromatic carbocycles. The van der Waals surface area contributed by atoms with E-state index in [1.54, 1.807) is 0 Å². The normalized spacial score (nSPS) is 18.1. The maximum atomic E-state index is 13.2. The van der Waals surface area contributed by atoms with E-state index in [1.807, 2.05) is 0 Å². The number of hydrazine groups is 1. The van der Waals surface area contributed by atoms with Gasteiger partial charge >= 0.3 is 5.97 Å². The molecule has 0 bridgehead atoms. The van der Waals surface area contributed by atoms with E-state index in [0.29, 0.717) is 0 Å². The van der Waals surface area contributed by atoms with Gasteiger partial charge < -0.3 is 25.6 Å². The quantitative estimate of drug-likeness (QED) is 0.357. The van der Waals surface area contributed by atoms with Gasteiger partial charge in [-0.05, 0) is 25.5 Å². The molecule has 0 spiro atoms. The predicted molar refractivity (Wildman–Crippen MR) is 118 cm³/mol. The molecule has 1 saturated heterocycles. The van der Waals surface area contributed by atoms with Crippen molar-refractivity contribution in [1.29, 1.82) is 0 Å². The number of nitrogens with zero attached hydrogens (tertiary/aromatic N) is 2. The van der Waals surface area contributed by atoms with Crippen LogP contribution in [-0.2, 0) is 24.0 Å². The number of nitrogens with one attached hydrogen (secondary N) is 2. The molecular weight excluding hydrogens is 495 g/mol. The largest absolute Gasteiger partial charge is 0.505 e. The second-order valence-corrected chi connectivity index (χ2v) is 8.29. The van der Waals surface area contributed by atoms with Crippen LogP contribution in [0.2, 0.25) is 10.0 Å². The smallest absolute Gasteiger partial charge is 0.305 e. The Morgan fingerprint density at radius 3 is 2.35 bits per heavy atom. The van der Waals surface area contributed by atoms with Crippen LogP contribution in [-0.4, -0.2) is 81.3 Å². The van der Waals surface area contributed by atoms with Gasteiger partial charge in [-0.15, -0.1) is 0 Å². The average Bonchev–Trinajstić information content (AvgIpc) is 2.87. The zero-order valence-corrected chi connectivity index (χ0v) is 19.6. The van der Waals surface area contributed by atoms with Crippen molar-refractivity contribution in [3.63, 3.8) is 0 Å². The molecule has 1 fully saturated rings. The summed E-state index contributed by atoms with van der Waals surface area (Å²) in [6.45, 7) is 1.28. The second-order valence-electron chi connectivity index (χ2n) is 7.48. The summed E-state index contributed by atoms with van der Waals surface area (Å²) in [6, 6.07) is -1.59. The van der Waals surface area contributed by atoms with Crippen LogP contribution < -0.4 is 10.6 Å². The fraction of sp³-hybridized carbons (Fsp3) is 0.400. The zero-order chi connectivity index (χ0) is 25.7. The number of halogens is 2. The van der Waals surface area contributed by atoms with Crippen molar-refractivity contribution in [1.82, 2.24) is 20.7 Å². The summed E-state index contributed by atoms with van der Waals surface area (Å²) in [4.78, 5) is 72.9. The molecule has 3 unspecified atom stereocenters. The number of hydrogen-bond donors (Lipinski definition) is 4. The van der Waals surface area contributed by atoms with Gasteiger partial charge in [-0.1, -0.05) is 23.2 Å². The van der Waals surface area contributed by atoms with Crippen LogP contribution in [0.25, 0.3) is 0 Å². The second kappa shape index (κ2) is 11.2. The monoisotopic (exact) mass is 516 g/mol. The van der Waals surface area contributed by atoms with Crippen LogP contribution in [0.3, 0.4) is 0 Å². The number of rotatable bonds is 8. The molecule has 14 heteroatoms. The molecule has 1 aliphatic rings. The third-order valence-electron chi connectivity index (χ3n) is 5.07. The highest BCUT2D eigenvalue weighted by atomic mass is 35.5. The number of phenols is 1. The lowest BCUT2D eigenvalue weighted by Crippen LogP contribution is -2.60. The van der Waals surface area contributed by atoms with Crippen molar-refractivity contribution in [2.24, 2.45) is 0 Å². The molecule has 34 heavy (non-hydrogen) atoms. The number of amides is 4. The highest BCUT2D eigenvalue weighted by Crippen LogP contribution is 2.32. The number of aromatic hydroxyl groups is 1. The molecule has 1 aliphatic heterocycles. The Bertz CT molecular complexity index is 1010. The van der Waals surface area contributed by atoms with E-state index in [0.717, 1.165) is 22.2 Å². The Morgan fingerprint density at radius 1 is 1.24 bits per heavy atom. The molecule has 0 aromatic heterocycles. The molecule has 4 amide bonds. The standard InChI is InChI=1S/C20H22Cl2N4O8/c1-9(18(32)23-11(8-27)7-16(29)30)26-20(34)14(3-4-15(28)25(26)2)24-19(33)10-5-12(21)17(31)13(22)6-10/h5-6,8-9,11,14,31H,3-4,7H2,1-2H3,(H,23,32)(H,24,33)(H,29,30). The van der Waals surface area contributed by atoms with Gasteiger partial charge in [-0.2, -0.15) is 0 Å². The number of carbonyl (C=O) groups excluding carboxylic acids is 5. The summed E-state index contributed by atoms with van der Waals surface area (Å²) in [7, 11) is 1.27. The van der Waals surface area contributed by atoms with Crippen LogP contribution in [0, 0.1) is 0 Å². The van der Waals surface area contributed by atoms with Crippen molar-refractivity contribution in [3.8, 4) is 5.75 Å². The molecule has 0 aliphatic carbocycles. The molecule has 3 atom stereocenters. The summed E-state index contributed by atoms with van der Waals surface area (Å²) >= 11 is 11.7. The first-order chi connectivity index (χ1) is 15.9. The summed E-state index contributed by atoms with van der Waals surface area (Å²) in [6.07, 6.45) is -0.630. The Balaban J connectivity index is 2.25. The number of aliphatic carboxylic acids is 1. The van der Waals surface area contributed by atoms with Crippen LogP contribution in [0.15, 0.2) is 12.1 Å². The van der Waals surface area contributed by atoms with Crippen molar-refractivity contribution >= 4 is 59.1 Å². The van der Waals surface area contributed by atoms with Gasteiger partial charge in [-0.25, -0.2) is 5.01 Å². The number of carbonyl (C=O) groups is 6. The van der Waals surface area contributed by atoms with Crippen molar-refractivity contribution in [3.05, 3.63) is 27.7 Å². The fourth-order valence-electron chi connectivity index (χ4n) is 3.24. The summed E-state index contributed by atoms with van der Waals surface area (Å²) in [5.74, 6) is -4.69. The first-order valence-corrected chi connectivity index (χ1v) is 10.7. The van der Waals surface area contributed by atoms with E-state index >= 15 is 0 Å². The van der Waals surface area contributed by atoms with Crippen molar-refractivity contribution < 1.29 is 39.0 Å². The fourth-order valence-corrected chi connectivity index (χ4v) is 3.73. The lowest BCUT2D eigenvalue weighted by atomic mass is 10.1. The molecule has 4 N–H and O–H groups in total. The Labute approximate surface area is 203 Å². The van der Waals surface area contributed by atoms with E-state index in [9.17, 15) is 33.9 Å². The van der Waals surface area contributed by atoms with Crippen molar-refractivity contribution in [2.45, 2.75) is 44.3 Å². The van der Waals surface area contributed by atoms with E-state index in [4.69, 9.17) is 28.3 Å². The lowest BCUT2D eigenvalue weighted by molar-refractivity contribution is -0.166. The highest BCUT2D eigenvalue weighted by molar-refractivity contribution is 6.37. The van der Waals surface area contributed by atoms with E-state index < -0.39 is 59.9 Å². The molecular formula is C20H22Cl2N4O8. The molecule has 1 aromatic rings. The summed E-state index contributed by atoms with van der Waals surface area (Å²) in [5, 5.41) is 24.6. The number of hydrogen-bond acceptors (Lipinski definition) is 7. The minimum absolute atomic E-state index is 0.0515. The lowest BCUT2D eigenvalue weighted by Gasteiger charge is -2.35. The van der Waals surface area contributed by atoms with Crippen LogP contribution >= 0.6 is 23.2 Å².